The first-order chi connectivity index (χ1) is 7.97. The molecule has 0 aliphatic carbocycles. The zero-order valence-corrected chi connectivity index (χ0v) is 10.2. The Hall–Kier alpha value is -1.75. The summed E-state index contributed by atoms with van der Waals surface area (Å²) in [7, 11) is 0. The van der Waals surface area contributed by atoms with Gasteiger partial charge in [0.2, 0.25) is 0 Å². The Labute approximate surface area is 104 Å². The molecule has 90 valence electrons. The van der Waals surface area contributed by atoms with Crippen molar-refractivity contribution >= 4 is 17.6 Å². The molecule has 0 fully saturated rings. The zero-order valence-electron chi connectivity index (χ0n) is 9.48. The summed E-state index contributed by atoms with van der Waals surface area (Å²) < 4.78 is 10.9. The fourth-order valence-corrected chi connectivity index (χ4v) is 1.44. The van der Waals surface area contributed by atoms with Crippen molar-refractivity contribution in [3.8, 4) is 5.75 Å². The lowest BCUT2D eigenvalue weighted by atomic mass is 10.1. The number of nitrogen functional groups attached to an aromatic ring is 1. The van der Waals surface area contributed by atoms with Crippen molar-refractivity contribution < 1.29 is 9.15 Å². The first-order valence-corrected chi connectivity index (χ1v) is 5.39. The minimum absolute atomic E-state index is 0.0211. The standard InChI is InChI=1S/C11H12ClN3O2/c1-11(2,9-14-15-10(13)16-9)17-8-5-3-7(12)4-6-8/h3-6H,1-2H3,(H2,13,15). The highest BCUT2D eigenvalue weighted by Crippen LogP contribution is 2.27. The number of aromatic nitrogens is 2. The van der Waals surface area contributed by atoms with Crippen LogP contribution in [0.3, 0.4) is 0 Å². The predicted octanol–water partition coefficient (Wildman–Crippen LogP) is 2.62. The molecule has 1 aromatic heterocycles. The van der Waals surface area contributed by atoms with Gasteiger partial charge in [-0.25, -0.2) is 0 Å². The molecule has 0 aliphatic heterocycles. The van der Waals surface area contributed by atoms with Gasteiger partial charge in [0.05, 0.1) is 0 Å². The van der Waals surface area contributed by atoms with E-state index in [-0.39, 0.29) is 6.01 Å². The molecular weight excluding hydrogens is 242 g/mol. The first kappa shape index (κ1) is 11.7. The number of hydrogen-bond donors (Lipinski definition) is 1. The van der Waals surface area contributed by atoms with Crippen molar-refractivity contribution in [1.29, 1.82) is 0 Å². The summed E-state index contributed by atoms with van der Waals surface area (Å²) in [4.78, 5) is 0. The van der Waals surface area contributed by atoms with Crippen LogP contribution >= 0.6 is 11.6 Å². The second-order valence-electron chi connectivity index (χ2n) is 4.01. The number of rotatable bonds is 3. The van der Waals surface area contributed by atoms with Gasteiger partial charge in [-0.05, 0) is 38.1 Å². The Morgan fingerprint density at radius 3 is 2.41 bits per heavy atom. The molecule has 2 N–H and O–H groups in total. The fraction of sp³-hybridized carbons (Fsp3) is 0.273. The van der Waals surface area contributed by atoms with Crippen molar-refractivity contribution in [2.24, 2.45) is 0 Å². The summed E-state index contributed by atoms with van der Waals surface area (Å²) >= 11 is 5.79. The molecule has 0 saturated heterocycles. The second kappa shape index (κ2) is 4.25. The van der Waals surface area contributed by atoms with Gasteiger partial charge in [0.25, 0.3) is 5.89 Å². The molecule has 0 amide bonds. The summed E-state index contributed by atoms with van der Waals surface area (Å²) in [5.41, 5.74) is 4.62. The Bertz CT molecular complexity index is 508. The van der Waals surface area contributed by atoms with E-state index >= 15 is 0 Å². The Morgan fingerprint density at radius 1 is 1.24 bits per heavy atom. The number of anilines is 1. The van der Waals surface area contributed by atoms with E-state index in [1.165, 1.54) is 0 Å². The molecule has 0 unspecified atom stereocenters. The zero-order chi connectivity index (χ0) is 12.5. The van der Waals surface area contributed by atoms with Crippen LogP contribution in [0, 0.1) is 0 Å². The third-order valence-corrected chi connectivity index (χ3v) is 2.39. The van der Waals surface area contributed by atoms with E-state index in [0.717, 1.165) is 0 Å². The SMILES string of the molecule is CC(C)(Oc1ccc(Cl)cc1)c1nnc(N)o1. The van der Waals surface area contributed by atoms with E-state index in [1.807, 2.05) is 13.8 Å². The van der Waals surface area contributed by atoms with Gasteiger partial charge in [-0.3, -0.25) is 0 Å². The minimum Gasteiger partial charge on any atom is -0.478 e. The number of ether oxygens (including phenoxy) is 1. The van der Waals surface area contributed by atoms with Gasteiger partial charge in [-0.2, -0.15) is 0 Å². The van der Waals surface area contributed by atoms with Gasteiger partial charge < -0.3 is 14.9 Å². The highest BCUT2D eigenvalue weighted by Gasteiger charge is 2.29. The lowest BCUT2D eigenvalue weighted by Gasteiger charge is -2.22. The molecule has 1 heterocycles. The maximum Gasteiger partial charge on any atom is 0.312 e. The first-order valence-electron chi connectivity index (χ1n) is 5.01. The smallest absolute Gasteiger partial charge is 0.312 e. The van der Waals surface area contributed by atoms with E-state index in [1.54, 1.807) is 24.3 Å². The van der Waals surface area contributed by atoms with Crippen molar-refractivity contribution in [2.45, 2.75) is 19.4 Å². The third kappa shape index (κ3) is 2.68. The monoisotopic (exact) mass is 253 g/mol. The molecule has 2 rings (SSSR count). The topological polar surface area (TPSA) is 74.2 Å². The lowest BCUT2D eigenvalue weighted by Crippen LogP contribution is -2.25. The summed E-state index contributed by atoms with van der Waals surface area (Å²) in [5.74, 6) is 0.987. The van der Waals surface area contributed by atoms with Gasteiger partial charge >= 0.3 is 6.01 Å². The summed E-state index contributed by atoms with van der Waals surface area (Å²) in [6.07, 6.45) is 0. The molecule has 0 bridgehead atoms. The van der Waals surface area contributed by atoms with Gasteiger partial charge in [0.15, 0.2) is 5.60 Å². The summed E-state index contributed by atoms with van der Waals surface area (Å²) in [6.45, 7) is 3.63. The highest BCUT2D eigenvalue weighted by molar-refractivity contribution is 6.30. The van der Waals surface area contributed by atoms with Crippen LogP contribution in [0.25, 0.3) is 0 Å². The molecule has 0 aliphatic rings. The number of nitrogens with two attached hydrogens (primary N) is 1. The van der Waals surface area contributed by atoms with Crippen molar-refractivity contribution in [2.75, 3.05) is 5.73 Å². The number of nitrogens with zero attached hydrogens (tertiary/aromatic N) is 2. The maximum absolute atomic E-state index is 5.79. The molecule has 0 radical (unpaired) electrons. The fourth-order valence-electron chi connectivity index (χ4n) is 1.32. The van der Waals surface area contributed by atoms with Gasteiger partial charge in [-0.15, -0.1) is 5.10 Å². The Balaban J connectivity index is 2.19. The van der Waals surface area contributed by atoms with Crippen LogP contribution in [-0.2, 0) is 5.60 Å². The second-order valence-corrected chi connectivity index (χ2v) is 4.45. The predicted molar refractivity (Wildman–Crippen MR) is 63.8 cm³/mol. The molecule has 0 spiro atoms. The molecular formula is C11H12ClN3O2. The highest BCUT2D eigenvalue weighted by atomic mass is 35.5. The van der Waals surface area contributed by atoms with E-state index in [2.05, 4.69) is 10.2 Å². The van der Waals surface area contributed by atoms with Crippen LogP contribution in [0.4, 0.5) is 6.01 Å². The normalized spacial score (nSPS) is 11.5. The molecule has 1 aromatic carbocycles. The van der Waals surface area contributed by atoms with E-state index in [9.17, 15) is 0 Å². The van der Waals surface area contributed by atoms with E-state index in [0.29, 0.717) is 16.7 Å². The van der Waals surface area contributed by atoms with E-state index < -0.39 is 5.60 Å². The Kier molecular flexibility index (Phi) is 2.93. The van der Waals surface area contributed by atoms with Crippen LogP contribution < -0.4 is 10.5 Å². The maximum atomic E-state index is 5.79. The van der Waals surface area contributed by atoms with Crippen molar-refractivity contribution in [3.63, 3.8) is 0 Å². The molecule has 0 saturated carbocycles. The number of halogens is 1. The molecule has 6 heteroatoms. The summed E-state index contributed by atoms with van der Waals surface area (Å²) in [6, 6.07) is 7.05. The number of benzene rings is 1. The minimum atomic E-state index is -0.752. The average Bonchev–Trinajstić information content (AvgIpc) is 2.69. The van der Waals surface area contributed by atoms with Gasteiger partial charge in [0, 0.05) is 5.02 Å². The largest absolute Gasteiger partial charge is 0.478 e. The van der Waals surface area contributed by atoms with Crippen LogP contribution in [0.15, 0.2) is 28.7 Å². The van der Waals surface area contributed by atoms with E-state index in [4.69, 9.17) is 26.5 Å². The van der Waals surface area contributed by atoms with Gasteiger partial charge in [0.1, 0.15) is 5.75 Å². The lowest BCUT2D eigenvalue weighted by molar-refractivity contribution is 0.0772. The number of hydrogen-bond acceptors (Lipinski definition) is 5. The van der Waals surface area contributed by atoms with Crippen LogP contribution in [0.5, 0.6) is 5.75 Å². The van der Waals surface area contributed by atoms with Crippen molar-refractivity contribution in [3.05, 3.63) is 35.2 Å². The van der Waals surface area contributed by atoms with Crippen LogP contribution in [-0.4, -0.2) is 10.2 Å². The molecule has 5 nitrogen and oxygen atoms in total. The molecule has 2 aromatic rings. The average molecular weight is 254 g/mol. The Morgan fingerprint density at radius 2 is 1.88 bits per heavy atom. The molecule has 0 atom stereocenters. The third-order valence-electron chi connectivity index (χ3n) is 2.14. The summed E-state index contributed by atoms with van der Waals surface area (Å²) in [5, 5.41) is 8.06. The van der Waals surface area contributed by atoms with Crippen LogP contribution in [0.2, 0.25) is 5.02 Å². The quantitative estimate of drug-likeness (QED) is 0.910. The van der Waals surface area contributed by atoms with Crippen molar-refractivity contribution in [1.82, 2.24) is 10.2 Å². The van der Waals surface area contributed by atoms with Crippen LogP contribution in [0.1, 0.15) is 19.7 Å². The molecule has 17 heavy (non-hydrogen) atoms. The van der Waals surface area contributed by atoms with Gasteiger partial charge in [-0.1, -0.05) is 16.7 Å².